The maximum Gasteiger partial charge on any atom is 0.339 e. The predicted molar refractivity (Wildman–Crippen MR) is 92.1 cm³/mol. The number of nitrogens with zero attached hydrogens (tertiary/aromatic N) is 2. The summed E-state index contributed by atoms with van der Waals surface area (Å²) in [7, 11) is 0. The van der Waals surface area contributed by atoms with E-state index in [0.717, 1.165) is 0 Å². The molecule has 4 N–H and O–H groups in total. The van der Waals surface area contributed by atoms with E-state index in [-0.39, 0.29) is 29.3 Å². The van der Waals surface area contributed by atoms with Gasteiger partial charge in [0.2, 0.25) is 0 Å². The number of aromatic hydroxyl groups is 1. The number of carboxylic acid groups (broad SMARTS) is 2. The van der Waals surface area contributed by atoms with Crippen molar-refractivity contribution in [1.82, 2.24) is 9.97 Å². The number of fused-ring (bicyclic) bond motifs is 1. The van der Waals surface area contributed by atoms with Gasteiger partial charge in [0.05, 0.1) is 11.1 Å². The number of hydrogen-bond donors (Lipinski definition) is 4. The van der Waals surface area contributed by atoms with Gasteiger partial charge in [0.1, 0.15) is 23.5 Å². The number of phenols is 1. The predicted octanol–water partition coefficient (Wildman–Crippen LogP) is 2.90. The lowest BCUT2D eigenvalue weighted by Gasteiger charge is -2.10. The molecule has 128 valence electrons. The summed E-state index contributed by atoms with van der Waals surface area (Å²) in [6.07, 6.45) is 1.28. The van der Waals surface area contributed by atoms with Crippen LogP contribution in [0.15, 0.2) is 42.7 Å². The smallest absolute Gasteiger partial charge is 0.339 e. The third kappa shape index (κ3) is 3.59. The third-order valence-electron chi connectivity index (χ3n) is 3.37. The number of carbonyl (C=O) groups is 2. The van der Waals surface area contributed by atoms with Crippen LogP contribution in [-0.4, -0.2) is 37.2 Å². The summed E-state index contributed by atoms with van der Waals surface area (Å²) in [6.45, 7) is 0. The first kappa shape index (κ1) is 18.0. The van der Waals surface area contributed by atoms with E-state index in [1.807, 2.05) is 0 Å². The normalized spacial score (nSPS) is 10.1. The Bertz CT molecular complexity index is 977. The van der Waals surface area contributed by atoms with Crippen LogP contribution in [0.25, 0.3) is 10.9 Å². The maximum atomic E-state index is 11.0. The molecule has 3 rings (SSSR count). The lowest BCUT2D eigenvalue weighted by atomic mass is 10.1. The molecule has 0 amide bonds. The average molecular weight is 362 g/mol. The number of rotatable bonds is 4. The Hall–Kier alpha value is -3.39. The molecule has 0 atom stereocenters. The van der Waals surface area contributed by atoms with E-state index >= 15 is 0 Å². The Labute approximate surface area is 147 Å². The molecule has 8 nitrogen and oxygen atoms in total. The molecule has 0 saturated carbocycles. The van der Waals surface area contributed by atoms with Crippen LogP contribution >= 0.6 is 12.4 Å². The van der Waals surface area contributed by atoms with Gasteiger partial charge >= 0.3 is 11.9 Å². The first-order chi connectivity index (χ1) is 11.5. The average Bonchev–Trinajstić information content (AvgIpc) is 2.54. The number of anilines is 2. The van der Waals surface area contributed by atoms with E-state index in [2.05, 4.69) is 15.3 Å². The van der Waals surface area contributed by atoms with Crippen molar-refractivity contribution in [3.63, 3.8) is 0 Å². The van der Waals surface area contributed by atoms with Crippen LogP contribution in [0.1, 0.15) is 20.7 Å². The van der Waals surface area contributed by atoms with Gasteiger partial charge in [-0.1, -0.05) is 0 Å². The molecule has 0 radical (unpaired) electrons. The second-order valence-corrected chi connectivity index (χ2v) is 4.92. The minimum absolute atomic E-state index is 0. The molecule has 1 heterocycles. The number of aromatic carboxylic acids is 2. The van der Waals surface area contributed by atoms with Crippen molar-refractivity contribution in [2.75, 3.05) is 5.32 Å². The fourth-order valence-electron chi connectivity index (χ4n) is 2.22. The zero-order valence-electron chi connectivity index (χ0n) is 12.5. The highest BCUT2D eigenvalue weighted by molar-refractivity contribution is 5.97. The molecule has 0 fully saturated rings. The fraction of sp³-hybridized carbons (Fsp3) is 0. The highest BCUT2D eigenvalue weighted by Crippen LogP contribution is 2.27. The van der Waals surface area contributed by atoms with Crippen LogP contribution in [0, 0.1) is 0 Å². The van der Waals surface area contributed by atoms with Crippen molar-refractivity contribution in [2.24, 2.45) is 0 Å². The topological polar surface area (TPSA) is 133 Å². The molecule has 3 aromatic rings. The first-order valence-electron chi connectivity index (χ1n) is 6.77. The van der Waals surface area contributed by atoms with E-state index in [1.165, 1.54) is 36.7 Å². The molecule has 0 aliphatic carbocycles. The lowest BCUT2D eigenvalue weighted by molar-refractivity contribution is 0.0684. The number of halogens is 1. The van der Waals surface area contributed by atoms with Gasteiger partial charge in [-0.05, 0) is 30.3 Å². The van der Waals surface area contributed by atoms with Crippen molar-refractivity contribution in [2.45, 2.75) is 0 Å². The van der Waals surface area contributed by atoms with Crippen LogP contribution in [0.5, 0.6) is 5.75 Å². The zero-order chi connectivity index (χ0) is 17.3. The number of nitrogens with one attached hydrogen (secondary N) is 1. The molecule has 0 saturated heterocycles. The zero-order valence-corrected chi connectivity index (χ0v) is 13.3. The standard InChI is InChI=1S/C16H11N3O5.ClH/c20-13-6-9(2-4-11(13)16(23)24)19-14-10-3-1-8(15(21)22)5-12(10)17-7-18-14;/h1-7,20H,(H,21,22)(H,23,24)(H,17,18,19);1H. The van der Waals surface area contributed by atoms with Gasteiger partial charge in [0.25, 0.3) is 0 Å². The van der Waals surface area contributed by atoms with E-state index in [1.54, 1.807) is 6.07 Å². The van der Waals surface area contributed by atoms with Crippen LogP contribution in [-0.2, 0) is 0 Å². The minimum Gasteiger partial charge on any atom is -0.507 e. The minimum atomic E-state index is -1.23. The second-order valence-electron chi connectivity index (χ2n) is 4.92. The summed E-state index contributed by atoms with van der Waals surface area (Å²) >= 11 is 0. The maximum absolute atomic E-state index is 11.0. The van der Waals surface area contributed by atoms with E-state index in [0.29, 0.717) is 22.4 Å². The molecule has 2 aromatic carbocycles. The lowest BCUT2D eigenvalue weighted by Crippen LogP contribution is -2.00. The third-order valence-corrected chi connectivity index (χ3v) is 3.37. The Balaban J connectivity index is 0.00000225. The highest BCUT2D eigenvalue weighted by atomic mass is 35.5. The van der Waals surface area contributed by atoms with Gasteiger partial charge in [-0.15, -0.1) is 12.4 Å². The molecule has 0 spiro atoms. The quantitative estimate of drug-likeness (QED) is 0.557. The van der Waals surface area contributed by atoms with Crippen molar-refractivity contribution in [3.05, 3.63) is 53.9 Å². The van der Waals surface area contributed by atoms with E-state index in [9.17, 15) is 14.7 Å². The Morgan fingerprint density at radius 3 is 2.36 bits per heavy atom. The van der Waals surface area contributed by atoms with Crippen molar-refractivity contribution in [3.8, 4) is 5.75 Å². The van der Waals surface area contributed by atoms with Crippen molar-refractivity contribution in [1.29, 1.82) is 0 Å². The summed E-state index contributed by atoms with van der Waals surface area (Å²) in [5.41, 5.74) is 0.772. The Morgan fingerprint density at radius 1 is 0.960 bits per heavy atom. The van der Waals surface area contributed by atoms with E-state index < -0.39 is 11.9 Å². The molecule has 9 heteroatoms. The van der Waals surface area contributed by atoms with Gasteiger partial charge in [-0.3, -0.25) is 0 Å². The molecule has 0 bridgehead atoms. The monoisotopic (exact) mass is 361 g/mol. The van der Waals surface area contributed by atoms with Crippen LogP contribution < -0.4 is 5.32 Å². The molecule has 0 unspecified atom stereocenters. The van der Waals surface area contributed by atoms with Crippen LogP contribution in [0.3, 0.4) is 0 Å². The molecule has 1 aromatic heterocycles. The highest BCUT2D eigenvalue weighted by Gasteiger charge is 2.12. The number of aromatic nitrogens is 2. The van der Waals surface area contributed by atoms with Crippen LogP contribution in [0.2, 0.25) is 0 Å². The Morgan fingerprint density at radius 2 is 1.72 bits per heavy atom. The number of benzene rings is 2. The van der Waals surface area contributed by atoms with Gasteiger partial charge in [0, 0.05) is 17.1 Å². The second kappa shape index (κ2) is 7.02. The first-order valence-corrected chi connectivity index (χ1v) is 6.77. The molecular formula is C16H12ClN3O5. The van der Waals surface area contributed by atoms with Gasteiger partial charge < -0.3 is 20.6 Å². The summed E-state index contributed by atoms with van der Waals surface area (Å²) < 4.78 is 0. The largest absolute Gasteiger partial charge is 0.507 e. The Kier molecular flexibility index (Phi) is 5.04. The summed E-state index contributed by atoms with van der Waals surface area (Å²) in [5, 5.41) is 31.2. The fourth-order valence-corrected chi connectivity index (χ4v) is 2.22. The summed E-state index contributed by atoms with van der Waals surface area (Å²) in [6, 6.07) is 8.46. The molecule has 0 aliphatic heterocycles. The van der Waals surface area contributed by atoms with Crippen molar-refractivity contribution < 1.29 is 24.9 Å². The van der Waals surface area contributed by atoms with E-state index in [4.69, 9.17) is 10.2 Å². The molecular weight excluding hydrogens is 350 g/mol. The summed E-state index contributed by atoms with van der Waals surface area (Å²) in [5.74, 6) is -2.26. The van der Waals surface area contributed by atoms with Crippen molar-refractivity contribution >= 4 is 46.8 Å². The van der Waals surface area contributed by atoms with Gasteiger partial charge in [-0.2, -0.15) is 0 Å². The summed E-state index contributed by atoms with van der Waals surface area (Å²) in [4.78, 5) is 30.1. The number of carboxylic acids is 2. The number of hydrogen-bond acceptors (Lipinski definition) is 6. The van der Waals surface area contributed by atoms with Gasteiger partial charge in [0.15, 0.2) is 0 Å². The molecule has 25 heavy (non-hydrogen) atoms. The van der Waals surface area contributed by atoms with Crippen LogP contribution in [0.4, 0.5) is 11.5 Å². The van der Waals surface area contributed by atoms with Gasteiger partial charge in [-0.25, -0.2) is 19.6 Å². The molecule has 0 aliphatic rings. The SMILES string of the molecule is Cl.O=C(O)c1ccc2c(Nc3ccc(C(=O)O)c(O)c3)ncnc2c1.